The van der Waals surface area contributed by atoms with Crippen LogP contribution < -0.4 is 0 Å². The molecule has 0 bridgehead atoms. The van der Waals surface area contributed by atoms with E-state index in [0.29, 0.717) is 6.61 Å². The van der Waals surface area contributed by atoms with Gasteiger partial charge in [0.15, 0.2) is 0 Å². The van der Waals surface area contributed by atoms with Crippen LogP contribution in [-0.4, -0.2) is 17.7 Å². The molecule has 1 N–H and O–H groups in total. The Morgan fingerprint density at radius 2 is 1.50 bits per heavy atom. The molecule has 3 aromatic carbocycles. The van der Waals surface area contributed by atoms with Crippen molar-refractivity contribution < 1.29 is 14.6 Å². The van der Waals surface area contributed by atoms with E-state index in [1.165, 1.54) is 0 Å². The molecule has 0 aromatic heterocycles. The zero-order valence-electron chi connectivity index (χ0n) is 10.9. The van der Waals surface area contributed by atoms with Crippen LogP contribution in [0.1, 0.15) is 5.56 Å². The van der Waals surface area contributed by atoms with Gasteiger partial charge in [0.1, 0.15) is 6.61 Å². The molecule has 20 heavy (non-hydrogen) atoms. The van der Waals surface area contributed by atoms with Crippen LogP contribution in [0.4, 0.5) is 0 Å². The van der Waals surface area contributed by atoms with Crippen LogP contribution in [-0.2, 0) is 16.1 Å². The minimum atomic E-state index is -0.949. The van der Waals surface area contributed by atoms with Gasteiger partial charge in [0.05, 0.1) is 6.61 Å². The highest BCUT2D eigenvalue weighted by atomic mass is 16.5. The summed E-state index contributed by atoms with van der Waals surface area (Å²) in [6.45, 7) is 0.0196. The average molecular weight is 266 g/mol. The number of hydrogen-bond donors (Lipinski definition) is 1. The zero-order chi connectivity index (χ0) is 13.9. The first kappa shape index (κ1) is 12.6. The molecule has 0 heterocycles. The first-order valence-electron chi connectivity index (χ1n) is 6.44. The second-order valence-electron chi connectivity index (χ2n) is 4.68. The summed E-state index contributed by atoms with van der Waals surface area (Å²) in [5, 5.41) is 13.2. The molecule has 0 atom stereocenters. The van der Waals surface area contributed by atoms with E-state index in [-0.39, 0.29) is 6.61 Å². The van der Waals surface area contributed by atoms with Gasteiger partial charge in [-0.15, -0.1) is 0 Å². The summed E-state index contributed by atoms with van der Waals surface area (Å²) in [5.74, 6) is -0.949. The van der Waals surface area contributed by atoms with E-state index in [1.54, 1.807) is 0 Å². The van der Waals surface area contributed by atoms with Crippen molar-refractivity contribution in [3.8, 4) is 0 Å². The molecule has 3 heteroatoms. The van der Waals surface area contributed by atoms with Crippen molar-refractivity contribution in [2.75, 3.05) is 6.61 Å². The fourth-order valence-corrected chi connectivity index (χ4v) is 2.50. The third-order valence-corrected chi connectivity index (χ3v) is 3.35. The summed E-state index contributed by atoms with van der Waals surface area (Å²) >= 11 is 0. The zero-order valence-corrected chi connectivity index (χ0v) is 10.9. The molecule has 0 aliphatic heterocycles. The number of hydrogen-bond acceptors (Lipinski definition) is 2. The lowest BCUT2D eigenvalue weighted by Gasteiger charge is -2.11. The highest BCUT2D eigenvalue weighted by Gasteiger charge is 2.08. The summed E-state index contributed by atoms with van der Waals surface area (Å²) in [4.78, 5) is 10.6. The number of ether oxygens (including phenoxy) is 1. The molecule has 0 radical (unpaired) electrons. The Labute approximate surface area is 116 Å². The topological polar surface area (TPSA) is 46.5 Å². The van der Waals surface area contributed by atoms with Crippen LogP contribution in [0.2, 0.25) is 0 Å². The van der Waals surface area contributed by atoms with Gasteiger partial charge in [0, 0.05) is 0 Å². The van der Waals surface area contributed by atoms with E-state index in [0.717, 1.165) is 27.1 Å². The van der Waals surface area contributed by atoms with Gasteiger partial charge in [0.2, 0.25) is 0 Å². The Morgan fingerprint density at radius 1 is 0.950 bits per heavy atom. The highest BCUT2D eigenvalue weighted by Crippen LogP contribution is 2.28. The summed E-state index contributed by atoms with van der Waals surface area (Å²) in [7, 11) is 0. The molecule has 0 aliphatic rings. The van der Waals surface area contributed by atoms with Gasteiger partial charge in [-0.3, -0.25) is 0 Å². The monoisotopic (exact) mass is 266 g/mol. The number of aliphatic carboxylic acids is 1. The van der Waals surface area contributed by atoms with Crippen LogP contribution in [0.3, 0.4) is 0 Å². The fraction of sp³-hybridized carbons (Fsp3) is 0.118. The normalized spacial score (nSPS) is 11.0. The summed E-state index contributed by atoms with van der Waals surface area (Å²) in [6.07, 6.45) is 0. The number of fused-ring (bicyclic) bond motifs is 2. The number of rotatable bonds is 4. The van der Waals surface area contributed by atoms with Crippen LogP contribution in [0.5, 0.6) is 0 Å². The number of carbonyl (C=O) groups is 1. The maximum atomic E-state index is 10.6. The fourth-order valence-electron chi connectivity index (χ4n) is 2.50. The maximum absolute atomic E-state index is 10.6. The molecular formula is C17H14O3. The first-order chi connectivity index (χ1) is 9.75. The van der Waals surface area contributed by atoms with Gasteiger partial charge >= 0.3 is 5.97 Å². The molecule has 100 valence electrons. The van der Waals surface area contributed by atoms with Crippen LogP contribution in [0.15, 0.2) is 54.6 Å². The average Bonchev–Trinajstić information content (AvgIpc) is 2.46. The second kappa shape index (κ2) is 5.31. The van der Waals surface area contributed by atoms with Crippen LogP contribution in [0.25, 0.3) is 21.5 Å². The lowest BCUT2D eigenvalue weighted by Crippen LogP contribution is -2.07. The number of carboxylic acid groups (broad SMARTS) is 1. The SMILES string of the molecule is O=C(O)COCc1c2ccccc2cc2ccccc12. The molecule has 0 saturated carbocycles. The Balaban J connectivity index is 2.15. The van der Waals surface area contributed by atoms with E-state index < -0.39 is 5.97 Å². The maximum Gasteiger partial charge on any atom is 0.329 e. The Morgan fingerprint density at radius 3 is 2.05 bits per heavy atom. The van der Waals surface area contributed by atoms with Crippen molar-refractivity contribution in [2.45, 2.75) is 6.61 Å². The molecule has 0 amide bonds. The smallest absolute Gasteiger partial charge is 0.329 e. The quantitative estimate of drug-likeness (QED) is 0.734. The van der Waals surface area contributed by atoms with Crippen molar-refractivity contribution >= 4 is 27.5 Å². The predicted molar refractivity (Wildman–Crippen MR) is 78.7 cm³/mol. The van der Waals surface area contributed by atoms with Gasteiger partial charge < -0.3 is 9.84 Å². The third-order valence-electron chi connectivity index (χ3n) is 3.35. The third kappa shape index (κ3) is 2.36. The lowest BCUT2D eigenvalue weighted by molar-refractivity contribution is -0.142. The van der Waals surface area contributed by atoms with Gasteiger partial charge in [-0.2, -0.15) is 0 Å². The largest absolute Gasteiger partial charge is 0.480 e. The van der Waals surface area contributed by atoms with E-state index in [1.807, 2.05) is 36.4 Å². The Bertz CT molecular complexity index is 723. The summed E-state index contributed by atoms with van der Waals surface area (Å²) in [6, 6.07) is 18.3. The van der Waals surface area contributed by atoms with Gasteiger partial charge in [-0.05, 0) is 33.2 Å². The minimum Gasteiger partial charge on any atom is -0.480 e. The van der Waals surface area contributed by atoms with Crippen LogP contribution in [0, 0.1) is 0 Å². The standard InChI is InChI=1S/C17H14O3/c18-17(19)11-20-10-16-14-7-3-1-5-12(14)9-13-6-2-4-8-15(13)16/h1-9H,10-11H2,(H,18,19). The van der Waals surface area contributed by atoms with Crippen molar-refractivity contribution in [1.82, 2.24) is 0 Å². The van der Waals surface area contributed by atoms with Gasteiger partial charge in [-0.25, -0.2) is 4.79 Å². The molecule has 0 unspecified atom stereocenters. The molecule has 0 saturated heterocycles. The molecule has 3 aromatic rings. The number of carboxylic acids is 1. The van der Waals surface area contributed by atoms with Gasteiger partial charge in [-0.1, -0.05) is 48.5 Å². The second-order valence-corrected chi connectivity index (χ2v) is 4.68. The van der Waals surface area contributed by atoms with Crippen molar-refractivity contribution in [1.29, 1.82) is 0 Å². The van der Waals surface area contributed by atoms with Crippen molar-refractivity contribution in [2.24, 2.45) is 0 Å². The summed E-state index contributed by atoms with van der Waals surface area (Å²) < 4.78 is 5.30. The van der Waals surface area contributed by atoms with E-state index in [2.05, 4.69) is 18.2 Å². The molecule has 0 fully saturated rings. The van der Waals surface area contributed by atoms with Crippen LogP contribution >= 0.6 is 0 Å². The molecule has 3 nitrogen and oxygen atoms in total. The van der Waals surface area contributed by atoms with E-state index >= 15 is 0 Å². The molecule has 0 aliphatic carbocycles. The summed E-state index contributed by atoms with van der Waals surface area (Å²) in [5.41, 5.74) is 1.04. The van der Waals surface area contributed by atoms with Crippen molar-refractivity contribution in [3.63, 3.8) is 0 Å². The lowest BCUT2D eigenvalue weighted by atomic mass is 9.97. The van der Waals surface area contributed by atoms with Gasteiger partial charge in [0.25, 0.3) is 0 Å². The Kier molecular flexibility index (Phi) is 3.35. The minimum absolute atomic E-state index is 0.280. The predicted octanol–water partition coefficient (Wildman–Crippen LogP) is 3.59. The molecular weight excluding hydrogens is 252 g/mol. The molecule has 0 spiro atoms. The van der Waals surface area contributed by atoms with E-state index in [9.17, 15) is 4.79 Å². The van der Waals surface area contributed by atoms with Crippen molar-refractivity contribution in [3.05, 3.63) is 60.2 Å². The highest BCUT2D eigenvalue weighted by molar-refractivity contribution is 6.02. The Hall–Kier alpha value is -2.39. The molecule has 3 rings (SSSR count). The first-order valence-corrected chi connectivity index (χ1v) is 6.44. The number of benzene rings is 3. The van der Waals surface area contributed by atoms with E-state index in [4.69, 9.17) is 9.84 Å².